The van der Waals surface area contributed by atoms with Gasteiger partial charge in [-0.25, -0.2) is 4.39 Å². The minimum atomic E-state index is -0.467. The number of ether oxygens (including phenoxy) is 1. The predicted octanol–water partition coefficient (Wildman–Crippen LogP) is 2.86. The molecule has 1 aliphatic rings. The number of morpholine rings is 1. The van der Waals surface area contributed by atoms with E-state index in [1.54, 1.807) is 12.1 Å². The van der Waals surface area contributed by atoms with Crippen molar-refractivity contribution >= 4 is 27.5 Å². The fourth-order valence-electron chi connectivity index (χ4n) is 2.63. The van der Waals surface area contributed by atoms with E-state index in [0.717, 1.165) is 26.1 Å². The average molecular weight is 381 g/mol. The van der Waals surface area contributed by atoms with Crippen molar-refractivity contribution < 1.29 is 9.13 Å². The zero-order chi connectivity index (χ0) is 15.4. The second-order valence-electron chi connectivity index (χ2n) is 5.12. The fourth-order valence-corrected chi connectivity index (χ4v) is 3.11. The Bertz CT molecular complexity index is 490. The molecule has 7 heteroatoms. The van der Waals surface area contributed by atoms with E-state index in [0.29, 0.717) is 16.6 Å². The third kappa shape index (κ3) is 3.94. The maximum atomic E-state index is 14.4. The van der Waals surface area contributed by atoms with E-state index in [-0.39, 0.29) is 11.1 Å². The number of hydrazine groups is 1. The van der Waals surface area contributed by atoms with Crippen LogP contribution in [0.1, 0.15) is 24.9 Å². The highest BCUT2D eigenvalue weighted by atomic mass is 79.9. The minimum Gasteiger partial charge on any atom is -0.374 e. The van der Waals surface area contributed by atoms with Crippen LogP contribution >= 0.6 is 27.5 Å². The summed E-state index contributed by atoms with van der Waals surface area (Å²) in [5.74, 6) is 5.17. The molecule has 2 atom stereocenters. The number of nitrogens with zero attached hydrogens (tertiary/aromatic N) is 1. The molecule has 2 unspecified atom stereocenters. The molecule has 0 radical (unpaired) electrons. The van der Waals surface area contributed by atoms with Crippen molar-refractivity contribution in [1.82, 2.24) is 10.3 Å². The Labute approximate surface area is 137 Å². The van der Waals surface area contributed by atoms with Gasteiger partial charge >= 0.3 is 0 Å². The first-order valence-electron chi connectivity index (χ1n) is 7.02. The number of rotatable bonds is 5. The molecule has 2 rings (SSSR count). The van der Waals surface area contributed by atoms with Gasteiger partial charge in [-0.05, 0) is 35.0 Å². The molecule has 0 aromatic heterocycles. The van der Waals surface area contributed by atoms with E-state index in [1.807, 2.05) is 0 Å². The van der Waals surface area contributed by atoms with Crippen LogP contribution in [0.4, 0.5) is 4.39 Å². The predicted molar refractivity (Wildman–Crippen MR) is 85.6 cm³/mol. The minimum absolute atomic E-state index is 0.0639. The highest BCUT2D eigenvalue weighted by Gasteiger charge is 2.31. The monoisotopic (exact) mass is 379 g/mol. The van der Waals surface area contributed by atoms with Crippen molar-refractivity contribution in [2.75, 3.05) is 26.2 Å². The Morgan fingerprint density at radius 1 is 1.62 bits per heavy atom. The Morgan fingerprint density at radius 2 is 2.38 bits per heavy atom. The van der Waals surface area contributed by atoms with Gasteiger partial charge in [0.15, 0.2) is 0 Å². The van der Waals surface area contributed by atoms with Gasteiger partial charge in [0.25, 0.3) is 0 Å². The molecule has 1 heterocycles. The van der Waals surface area contributed by atoms with Crippen LogP contribution in [0, 0.1) is 5.82 Å². The van der Waals surface area contributed by atoms with Crippen LogP contribution in [0.15, 0.2) is 16.6 Å². The molecule has 1 saturated heterocycles. The topological polar surface area (TPSA) is 50.5 Å². The molecular weight excluding hydrogens is 361 g/mol. The van der Waals surface area contributed by atoms with Crippen molar-refractivity contribution in [3.8, 4) is 0 Å². The van der Waals surface area contributed by atoms with Gasteiger partial charge in [0.1, 0.15) is 5.82 Å². The van der Waals surface area contributed by atoms with Gasteiger partial charge < -0.3 is 4.74 Å². The smallest absolute Gasteiger partial charge is 0.147 e. The van der Waals surface area contributed by atoms with Crippen molar-refractivity contribution in [2.24, 2.45) is 5.84 Å². The first-order valence-corrected chi connectivity index (χ1v) is 8.19. The summed E-state index contributed by atoms with van der Waals surface area (Å²) < 4.78 is 20.7. The average Bonchev–Trinajstić information content (AvgIpc) is 2.49. The van der Waals surface area contributed by atoms with Gasteiger partial charge in [0, 0.05) is 23.1 Å². The zero-order valence-corrected chi connectivity index (χ0v) is 14.3. The number of nitrogens with one attached hydrogen (secondary N) is 1. The third-order valence-corrected chi connectivity index (χ3v) is 4.93. The zero-order valence-electron chi connectivity index (χ0n) is 11.9. The van der Waals surface area contributed by atoms with Crippen LogP contribution in [-0.4, -0.2) is 37.2 Å². The normalized spacial score (nSPS) is 21.5. The number of halogens is 3. The van der Waals surface area contributed by atoms with Gasteiger partial charge in [0.2, 0.25) is 0 Å². The van der Waals surface area contributed by atoms with Gasteiger partial charge in [-0.15, -0.1) is 0 Å². The summed E-state index contributed by atoms with van der Waals surface area (Å²) in [6.45, 7) is 5.37. The molecule has 1 aromatic carbocycles. The number of hydrogen-bond donors (Lipinski definition) is 2. The Morgan fingerprint density at radius 3 is 3.05 bits per heavy atom. The summed E-state index contributed by atoms with van der Waals surface area (Å²) in [7, 11) is 0. The van der Waals surface area contributed by atoms with E-state index in [1.165, 1.54) is 0 Å². The summed E-state index contributed by atoms with van der Waals surface area (Å²) >= 11 is 9.17. The molecule has 0 saturated carbocycles. The third-order valence-electron chi connectivity index (χ3n) is 3.67. The molecule has 118 valence electrons. The Hall–Kier alpha value is -0.240. The van der Waals surface area contributed by atoms with Gasteiger partial charge in [-0.3, -0.25) is 16.2 Å². The molecular formula is C14H20BrClFN3O. The summed E-state index contributed by atoms with van der Waals surface area (Å²) in [5.41, 5.74) is 3.10. The second kappa shape index (κ2) is 7.85. The SMILES string of the molecule is CCCN1CCOC(C(NN)c2ccc(Br)c(Cl)c2F)C1. The largest absolute Gasteiger partial charge is 0.374 e. The molecule has 3 N–H and O–H groups in total. The van der Waals surface area contributed by atoms with E-state index in [2.05, 4.69) is 33.2 Å². The van der Waals surface area contributed by atoms with Crippen LogP contribution < -0.4 is 11.3 Å². The molecule has 0 bridgehead atoms. The van der Waals surface area contributed by atoms with Crippen LogP contribution in [0.25, 0.3) is 0 Å². The Balaban J connectivity index is 2.21. The standard InChI is InChI=1S/C14H20BrClFN3O/c1-2-5-20-6-7-21-11(8-20)14(19-18)9-3-4-10(15)12(16)13(9)17/h3-4,11,14,19H,2,5-8,18H2,1H3. The van der Waals surface area contributed by atoms with E-state index in [9.17, 15) is 4.39 Å². The summed E-state index contributed by atoms with van der Waals surface area (Å²) in [4.78, 5) is 2.30. The van der Waals surface area contributed by atoms with Crippen molar-refractivity contribution in [1.29, 1.82) is 0 Å². The summed E-state index contributed by atoms with van der Waals surface area (Å²) in [6, 6.07) is 2.96. The highest BCUT2D eigenvalue weighted by Crippen LogP contribution is 2.32. The van der Waals surface area contributed by atoms with E-state index >= 15 is 0 Å². The molecule has 1 aliphatic heterocycles. The quantitative estimate of drug-likeness (QED) is 0.468. The van der Waals surface area contributed by atoms with Crippen LogP contribution in [-0.2, 0) is 4.74 Å². The highest BCUT2D eigenvalue weighted by molar-refractivity contribution is 9.10. The molecule has 4 nitrogen and oxygen atoms in total. The lowest BCUT2D eigenvalue weighted by Crippen LogP contribution is -2.49. The van der Waals surface area contributed by atoms with Gasteiger partial charge in [-0.1, -0.05) is 24.6 Å². The van der Waals surface area contributed by atoms with Crippen LogP contribution in [0.3, 0.4) is 0 Å². The second-order valence-corrected chi connectivity index (χ2v) is 6.35. The maximum Gasteiger partial charge on any atom is 0.147 e. The summed E-state index contributed by atoms with van der Waals surface area (Å²) in [5, 5.41) is 0.0639. The lowest BCUT2D eigenvalue weighted by molar-refractivity contribution is -0.0476. The van der Waals surface area contributed by atoms with E-state index < -0.39 is 11.9 Å². The number of hydrogen-bond acceptors (Lipinski definition) is 4. The first-order chi connectivity index (χ1) is 10.1. The number of benzene rings is 1. The molecule has 1 aromatic rings. The Kier molecular flexibility index (Phi) is 6.40. The lowest BCUT2D eigenvalue weighted by Gasteiger charge is -2.37. The molecule has 0 amide bonds. The first kappa shape index (κ1) is 17.1. The van der Waals surface area contributed by atoms with Crippen LogP contribution in [0.5, 0.6) is 0 Å². The van der Waals surface area contributed by atoms with Crippen molar-refractivity contribution in [3.63, 3.8) is 0 Å². The summed E-state index contributed by atoms with van der Waals surface area (Å²) in [6.07, 6.45) is 0.869. The lowest BCUT2D eigenvalue weighted by atomic mass is 10.00. The fraction of sp³-hybridized carbons (Fsp3) is 0.571. The number of nitrogens with two attached hydrogens (primary N) is 1. The van der Waals surface area contributed by atoms with Crippen molar-refractivity contribution in [2.45, 2.75) is 25.5 Å². The van der Waals surface area contributed by atoms with Gasteiger partial charge in [-0.2, -0.15) is 0 Å². The molecule has 0 aliphatic carbocycles. The molecule has 0 spiro atoms. The molecule has 1 fully saturated rings. The molecule has 21 heavy (non-hydrogen) atoms. The van der Waals surface area contributed by atoms with Gasteiger partial charge in [0.05, 0.1) is 23.8 Å². The van der Waals surface area contributed by atoms with Crippen molar-refractivity contribution in [3.05, 3.63) is 33.0 Å². The maximum absolute atomic E-state index is 14.4. The van der Waals surface area contributed by atoms with Crippen LogP contribution in [0.2, 0.25) is 5.02 Å². The van der Waals surface area contributed by atoms with E-state index in [4.69, 9.17) is 22.2 Å².